The van der Waals surface area contributed by atoms with Crippen LogP contribution in [-0.2, 0) is 6.54 Å². The Morgan fingerprint density at radius 2 is 1.56 bits per heavy atom. The van der Waals surface area contributed by atoms with Crippen molar-refractivity contribution >= 4 is 29.1 Å². The van der Waals surface area contributed by atoms with Gasteiger partial charge in [0, 0.05) is 6.54 Å². The normalized spacial score (nSPS) is 10.3. The van der Waals surface area contributed by atoms with Crippen LogP contribution in [0.25, 0.3) is 0 Å². The largest absolute Gasteiger partial charge is 0.347 e. The molecule has 0 radical (unpaired) electrons. The summed E-state index contributed by atoms with van der Waals surface area (Å²) in [5.41, 5.74) is 1.39. The van der Waals surface area contributed by atoms with E-state index in [1.807, 2.05) is 0 Å². The smallest absolute Gasteiger partial charge is 0.274 e. The summed E-state index contributed by atoms with van der Waals surface area (Å²) in [6.07, 6.45) is 0. The predicted molar refractivity (Wildman–Crippen MR) is 101 cm³/mol. The SMILES string of the molecule is O=C(NCc1ccc(F)cc1)c1cccc(C(=O)Nc2ccccc2Cl)n1. The third kappa shape index (κ3) is 4.89. The number of para-hydroxylation sites is 1. The van der Waals surface area contributed by atoms with Gasteiger partial charge in [0.15, 0.2) is 0 Å². The minimum absolute atomic E-state index is 0.0874. The van der Waals surface area contributed by atoms with Crippen molar-refractivity contribution in [3.63, 3.8) is 0 Å². The van der Waals surface area contributed by atoms with Crippen molar-refractivity contribution in [2.75, 3.05) is 5.32 Å². The molecule has 27 heavy (non-hydrogen) atoms. The van der Waals surface area contributed by atoms with E-state index in [1.165, 1.54) is 24.3 Å². The molecule has 0 saturated carbocycles. The number of carbonyl (C=O) groups is 2. The maximum atomic E-state index is 12.9. The van der Waals surface area contributed by atoms with Gasteiger partial charge in [-0.2, -0.15) is 0 Å². The Morgan fingerprint density at radius 3 is 2.26 bits per heavy atom. The molecule has 0 aliphatic carbocycles. The Labute approximate surface area is 160 Å². The highest BCUT2D eigenvalue weighted by Gasteiger charge is 2.13. The zero-order chi connectivity index (χ0) is 19.2. The molecule has 3 aromatic rings. The molecule has 0 fully saturated rings. The second-order valence-electron chi connectivity index (χ2n) is 5.65. The molecule has 3 rings (SSSR count). The first kappa shape index (κ1) is 18.5. The van der Waals surface area contributed by atoms with Gasteiger partial charge in [0.2, 0.25) is 0 Å². The number of pyridine rings is 1. The van der Waals surface area contributed by atoms with Crippen molar-refractivity contribution in [3.05, 3.63) is 94.5 Å². The number of halogens is 2. The van der Waals surface area contributed by atoms with Crippen LogP contribution in [0.3, 0.4) is 0 Å². The maximum absolute atomic E-state index is 12.9. The predicted octanol–water partition coefficient (Wildman–Crippen LogP) is 4.06. The Balaban J connectivity index is 1.67. The summed E-state index contributed by atoms with van der Waals surface area (Å²) in [6.45, 7) is 0.219. The number of benzene rings is 2. The first-order valence-electron chi connectivity index (χ1n) is 8.08. The average Bonchev–Trinajstić information content (AvgIpc) is 2.69. The molecule has 0 unspecified atom stereocenters. The lowest BCUT2D eigenvalue weighted by atomic mass is 10.2. The zero-order valence-electron chi connectivity index (χ0n) is 14.1. The van der Waals surface area contributed by atoms with Gasteiger partial charge in [-0.15, -0.1) is 0 Å². The van der Waals surface area contributed by atoms with Crippen LogP contribution in [0.2, 0.25) is 5.02 Å². The summed E-state index contributed by atoms with van der Waals surface area (Å²) in [7, 11) is 0. The number of nitrogens with zero attached hydrogens (tertiary/aromatic N) is 1. The number of rotatable bonds is 5. The lowest BCUT2D eigenvalue weighted by molar-refractivity contribution is 0.0945. The van der Waals surface area contributed by atoms with Crippen molar-refractivity contribution in [2.24, 2.45) is 0 Å². The van der Waals surface area contributed by atoms with E-state index < -0.39 is 11.8 Å². The van der Waals surface area contributed by atoms with Crippen LogP contribution in [-0.4, -0.2) is 16.8 Å². The van der Waals surface area contributed by atoms with Crippen molar-refractivity contribution in [3.8, 4) is 0 Å². The molecule has 7 heteroatoms. The van der Waals surface area contributed by atoms with Crippen LogP contribution < -0.4 is 10.6 Å². The van der Waals surface area contributed by atoms with E-state index in [1.54, 1.807) is 42.5 Å². The summed E-state index contributed by atoms with van der Waals surface area (Å²) >= 11 is 6.02. The summed E-state index contributed by atoms with van der Waals surface area (Å²) < 4.78 is 12.9. The summed E-state index contributed by atoms with van der Waals surface area (Å²) in [6, 6.07) is 17.2. The standard InChI is InChI=1S/C20H15ClFN3O2/c21-15-4-1-2-5-16(15)25-20(27)18-7-3-6-17(24-18)19(26)23-12-13-8-10-14(22)11-9-13/h1-11H,12H2,(H,23,26)(H,25,27). The molecule has 0 bridgehead atoms. The van der Waals surface area contributed by atoms with Gasteiger partial charge in [-0.3, -0.25) is 9.59 Å². The molecule has 2 N–H and O–H groups in total. The van der Waals surface area contributed by atoms with E-state index in [-0.39, 0.29) is 23.7 Å². The molecule has 0 saturated heterocycles. The quantitative estimate of drug-likeness (QED) is 0.698. The minimum atomic E-state index is -0.476. The number of anilines is 1. The van der Waals surface area contributed by atoms with Gasteiger partial charge in [-0.05, 0) is 42.0 Å². The highest BCUT2D eigenvalue weighted by Crippen LogP contribution is 2.21. The van der Waals surface area contributed by atoms with Crippen LogP contribution in [0.1, 0.15) is 26.5 Å². The maximum Gasteiger partial charge on any atom is 0.274 e. The van der Waals surface area contributed by atoms with Crippen molar-refractivity contribution < 1.29 is 14.0 Å². The Hall–Kier alpha value is -3.25. The van der Waals surface area contributed by atoms with E-state index >= 15 is 0 Å². The number of nitrogens with one attached hydrogen (secondary N) is 2. The molecule has 1 aromatic heterocycles. The fourth-order valence-corrected chi connectivity index (χ4v) is 2.49. The van der Waals surface area contributed by atoms with Gasteiger partial charge in [-0.1, -0.05) is 41.9 Å². The molecule has 0 aliphatic heterocycles. The minimum Gasteiger partial charge on any atom is -0.347 e. The Kier molecular flexibility index (Phi) is 5.78. The Morgan fingerprint density at radius 1 is 0.889 bits per heavy atom. The molecule has 136 valence electrons. The topological polar surface area (TPSA) is 71.1 Å². The number of amides is 2. The first-order valence-corrected chi connectivity index (χ1v) is 8.46. The highest BCUT2D eigenvalue weighted by molar-refractivity contribution is 6.33. The Bertz CT molecular complexity index is 977. The van der Waals surface area contributed by atoms with Gasteiger partial charge >= 0.3 is 0 Å². The number of hydrogen-bond acceptors (Lipinski definition) is 3. The van der Waals surface area contributed by atoms with Crippen LogP contribution in [0.15, 0.2) is 66.7 Å². The van der Waals surface area contributed by atoms with Gasteiger partial charge in [0.1, 0.15) is 17.2 Å². The molecule has 0 aliphatic rings. The highest BCUT2D eigenvalue weighted by atomic mass is 35.5. The molecule has 2 aromatic carbocycles. The molecule has 2 amide bonds. The number of aromatic nitrogens is 1. The lowest BCUT2D eigenvalue weighted by Gasteiger charge is -2.08. The summed E-state index contributed by atoms with van der Waals surface area (Å²) in [5, 5.41) is 5.74. The number of carbonyl (C=O) groups excluding carboxylic acids is 2. The fourth-order valence-electron chi connectivity index (χ4n) is 2.31. The van der Waals surface area contributed by atoms with Crippen molar-refractivity contribution in [2.45, 2.75) is 6.54 Å². The molecule has 0 spiro atoms. The average molecular weight is 384 g/mol. The zero-order valence-corrected chi connectivity index (χ0v) is 14.8. The van der Waals surface area contributed by atoms with Crippen molar-refractivity contribution in [1.82, 2.24) is 10.3 Å². The van der Waals surface area contributed by atoms with E-state index in [0.717, 1.165) is 5.56 Å². The van der Waals surface area contributed by atoms with E-state index in [9.17, 15) is 14.0 Å². The third-order valence-corrected chi connectivity index (χ3v) is 4.03. The third-order valence-electron chi connectivity index (χ3n) is 3.70. The molecule has 1 heterocycles. The second kappa shape index (κ2) is 8.42. The molecular formula is C20H15ClFN3O2. The molecule has 0 atom stereocenters. The summed E-state index contributed by atoms with van der Waals surface area (Å²) in [5.74, 6) is -1.26. The van der Waals surface area contributed by atoms with Gasteiger partial charge in [0.25, 0.3) is 11.8 Å². The summed E-state index contributed by atoms with van der Waals surface area (Å²) in [4.78, 5) is 28.7. The monoisotopic (exact) mass is 383 g/mol. The van der Waals surface area contributed by atoms with E-state index in [2.05, 4.69) is 15.6 Å². The van der Waals surface area contributed by atoms with Crippen molar-refractivity contribution in [1.29, 1.82) is 0 Å². The van der Waals surface area contributed by atoms with Crippen LogP contribution in [0.4, 0.5) is 10.1 Å². The van der Waals surface area contributed by atoms with Crippen LogP contribution in [0, 0.1) is 5.82 Å². The van der Waals surface area contributed by atoms with Gasteiger partial charge in [-0.25, -0.2) is 9.37 Å². The molecular weight excluding hydrogens is 369 g/mol. The molecule has 5 nitrogen and oxygen atoms in total. The van der Waals surface area contributed by atoms with Gasteiger partial charge in [0.05, 0.1) is 10.7 Å². The number of hydrogen-bond donors (Lipinski definition) is 2. The van der Waals surface area contributed by atoms with Crippen LogP contribution >= 0.6 is 11.6 Å². The lowest BCUT2D eigenvalue weighted by Crippen LogP contribution is -2.25. The van der Waals surface area contributed by atoms with Crippen LogP contribution in [0.5, 0.6) is 0 Å². The van der Waals surface area contributed by atoms with E-state index in [0.29, 0.717) is 10.7 Å². The first-order chi connectivity index (χ1) is 13.0. The second-order valence-corrected chi connectivity index (χ2v) is 6.06. The fraction of sp³-hybridized carbons (Fsp3) is 0.0500. The van der Waals surface area contributed by atoms with E-state index in [4.69, 9.17) is 11.6 Å². The van der Waals surface area contributed by atoms with Gasteiger partial charge < -0.3 is 10.6 Å².